The van der Waals surface area contributed by atoms with Gasteiger partial charge in [-0.15, -0.1) is 0 Å². The van der Waals surface area contributed by atoms with Gasteiger partial charge in [0.05, 0.1) is 5.41 Å². The zero-order chi connectivity index (χ0) is 15.2. The van der Waals surface area contributed by atoms with Crippen molar-refractivity contribution in [3.63, 3.8) is 0 Å². The number of nitrogens with one attached hydrogen (secondary N) is 2. The Labute approximate surface area is 119 Å². The van der Waals surface area contributed by atoms with Crippen LogP contribution in [0.15, 0.2) is 24.3 Å². The third-order valence-electron chi connectivity index (χ3n) is 3.18. The van der Waals surface area contributed by atoms with Gasteiger partial charge in [0.15, 0.2) is 0 Å². The topological polar surface area (TPSA) is 84.2 Å². The van der Waals surface area contributed by atoms with Gasteiger partial charge in [-0.1, -0.05) is 12.1 Å². The smallest absolute Gasteiger partial charge is 0.251 e. The van der Waals surface area contributed by atoms with E-state index in [2.05, 4.69) is 10.6 Å². The number of hydrogen-bond acceptors (Lipinski definition) is 3. The van der Waals surface area contributed by atoms with E-state index in [1.54, 1.807) is 33.0 Å². The molecule has 0 fully saturated rings. The van der Waals surface area contributed by atoms with Gasteiger partial charge in [-0.25, -0.2) is 0 Å². The van der Waals surface area contributed by atoms with E-state index in [0.717, 1.165) is 12.0 Å². The molecule has 0 saturated carbocycles. The molecule has 5 nitrogen and oxygen atoms in total. The Morgan fingerprint density at radius 2 is 1.80 bits per heavy atom. The van der Waals surface area contributed by atoms with Crippen LogP contribution >= 0.6 is 0 Å². The molecule has 0 spiro atoms. The Bertz CT molecular complexity index is 467. The molecule has 2 amide bonds. The maximum atomic E-state index is 12.0. The first-order valence-corrected chi connectivity index (χ1v) is 6.70. The zero-order valence-electron chi connectivity index (χ0n) is 12.3. The summed E-state index contributed by atoms with van der Waals surface area (Å²) in [6.45, 7) is 4.45. The number of rotatable bonds is 6. The van der Waals surface area contributed by atoms with E-state index in [1.807, 2.05) is 12.1 Å². The highest BCUT2D eigenvalue weighted by molar-refractivity contribution is 5.94. The summed E-state index contributed by atoms with van der Waals surface area (Å²) in [5.74, 6) is -0.280. The molecule has 0 aromatic heterocycles. The average molecular weight is 277 g/mol. The first-order chi connectivity index (χ1) is 9.40. The van der Waals surface area contributed by atoms with Crippen LogP contribution < -0.4 is 16.4 Å². The molecule has 0 aliphatic carbocycles. The summed E-state index contributed by atoms with van der Waals surface area (Å²) in [4.78, 5) is 23.6. The fourth-order valence-electron chi connectivity index (χ4n) is 1.81. The Morgan fingerprint density at radius 1 is 1.20 bits per heavy atom. The van der Waals surface area contributed by atoms with Crippen molar-refractivity contribution < 1.29 is 9.59 Å². The van der Waals surface area contributed by atoms with Gasteiger partial charge in [-0.2, -0.15) is 0 Å². The maximum Gasteiger partial charge on any atom is 0.251 e. The molecule has 0 aliphatic rings. The lowest BCUT2D eigenvalue weighted by Crippen LogP contribution is -2.43. The summed E-state index contributed by atoms with van der Waals surface area (Å²) in [5.41, 5.74) is 6.53. The van der Waals surface area contributed by atoms with Crippen LogP contribution in [0, 0.1) is 5.41 Å². The summed E-state index contributed by atoms with van der Waals surface area (Å²) in [6, 6.07) is 7.33. The Balaban J connectivity index is 2.61. The van der Waals surface area contributed by atoms with Gasteiger partial charge < -0.3 is 16.4 Å². The van der Waals surface area contributed by atoms with Gasteiger partial charge in [0.2, 0.25) is 5.91 Å². The lowest BCUT2D eigenvalue weighted by atomic mass is 9.92. The van der Waals surface area contributed by atoms with Crippen molar-refractivity contribution in [1.29, 1.82) is 0 Å². The van der Waals surface area contributed by atoms with E-state index in [-0.39, 0.29) is 18.4 Å². The van der Waals surface area contributed by atoms with Crippen molar-refractivity contribution in [2.24, 2.45) is 11.1 Å². The summed E-state index contributed by atoms with van der Waals surface area (Å²) >= 11 is 0. The summed E-state index contributed by atoms with van der Waals surface area (Å²) in [5, 5.41) is 5.37. The maximum absolute atomic E-state index is 12.0. The molecule has 0 saturated heterocycles. The molecule has 0 radical (unpaired) electrons. The molecule has 1 rings (SSSR count). The van der Waals surface area contributed by atoms with Crippen molar-refractivity contribution in [3.8, 4) is 0 Å². The number of benzene rings is 1. The van der Waals surface area contributed by atoms with E-state index >= 15 is 0 Å². The third kappa shape index (κ3) is 4.35. The second kappa shape index (κ2) is 7.05. The van der Waals surface area contributed by atoms with E-state index in [9.17, 15) is 9.59 Å². The highest BCUT2D eigenvalue weighted by atomic mass is 16.2. The van der Waals surface area contributed by atoms with Gasteiger partial charge >= 0.3 is 0 Å². The molecule has 110 valence electrons. The van der Waals surface area contributed by atoms with Crippen molar-refractivity contribution in [2.75, 3.05) is 20.1 Å². The first-order valence-electron chi connectivity index (χ1n) is 6.70. The van der Waals surface area contributed by atoms with Crippen LogP contribution in [0.4, 0.5) is 0 Å². The standard InChI is InChI=1S/C15H23N3O2/c1-15(2,14(20)17-3)10-18-13(19)12-6-4-11(5-7-12)8-9-16/h4-7H,8-10,16H2,1-3H3,(H,17,20)(H,18,19). The van der Waals surface area contributed by atoms with Crippen LogP contribution in [0.25, 0.3) is 0 Å². The largest absolute Gasteiger partial charge is 0.359 e. The van der Waals surface area contributed by atoms with Gasteiger partial charge in [-0.3, -0.25) is 9.59 Å². The molecule has 0 heterocycles. The Kier molecular flexibility index (Phi) is 5.70. The normalized spacial score (nSPS) is 11.0. The van der Waals surface area contributed by atoms with Gasteiger partial charge in [0, 0.05) is 19.2 Å². The highest BCUT2D eigenvalue weighted by Crippen LogP contribution is 2.13. The molecule has 0 bridgehead atoms. The molecule has 0 atom stereocenters. The fourth-order valence-corrected chi connectivity index (χ4v) is 1.81. The van der Waals surface area contributed by atoms with Crippen LogP contribution in [-0.2, 0) is 11.2 Å². The summed E-state index contributed by atoms with van der Waals surface area (Å²) in [6.07, 6.45) is 0.797. The van der Waals surface area contributed by atoms with Crippen LogP contribution in [-0.4, -0.2) is 32.0 Å². The van der Waals surface area contributed by atoms with Crippen molar-refractivity contribution in [2.45, 2.75) is 20.3 Å². The molecule has 1 aromatic carbocycles. The van der Waals surface area contributed by atoms with Gasteiger partial charge in [-0.05, 0) is 44.5 Å². The van der Waals surface area contributed by atoms with E-state index in [0.29, 0.717) is 12.1 Å². The minimum Gasteiger partial charge on any atom is -0.359 e. The first kappa shape index (κ1) is 16.2. The van der Waals surface area contributed by atoms with E-state index < -0.39 is 5.41 Å². The van der Waals surface area contributed by atoms with Gasteiger partial charge in [0.1, 0.15) is 0 Å². The summed E-state index contributed by atoms with van der Waals surface area (Å²) < 4.78 is 0. The van der Waals surface area contributed by atoms with E-state index in [1.165, 1.54) is 0 Å². The number of hydrogen-bond donors (Lipinski definition) is 3. The van der Waals surface area contributed by atoms with Crippen molar-refractivity contribution in [3.05, 3.63) is 35.4 Å². The number of amides is 2. The predicted molar refractivity (Wildman–Crippen MR) is 79.4 cm³/mol. The van der Waals surface area contributed by atoms with Crippen molar-refractivity contribution in [1.82, 2.24) is 10.6 Å². The predicted octanol–water partition coefficient (Wildman–Crippen LogP) is 0.690. The second-order valence-corrected chi connectivity index (χ2v) is 5.38. The van der Waals surface area contributed by atoms with Crippen LogP contribution in [0.2, 0.25) is 0 Å². The molecule has 1 aromatic rings. The van der Waals surface area contributed by atoms with E-state index in [4.69, 9.17) is 5.73 Å². The summed E-state index contributed by atoms with van der Waals surface area (Å²) in [7, 11) is 1.59. The van der Waals surface area contributed by atoms with Crippen molar-refractivity contribution >= 4 is 11.8 Å². The lowest BCUT2D eigenvalue weighted by molar-refractivity contribution is -0.128. The Morgan fingerprint density at radius 3 is 2.30 bits per heavy atom. The SMILES string of the molecule is CNC(=O)C(C)(C)CNC(=O)c1ccc(CCN)cc1. The molecule has 4 N–H and O–H groups in total. The lowest BCUT2D eigenvalue weighted by Gasteiger charge is -2.22. The second-order valence-electron chi connectivity index (χ2n) is 5.38. The number of carbonyl (C=O) groups excluding carboxylic acids is 2. The Hall–Kier alpha value is -1.88. The molecule has 5 heteroatoms. The third-order valence-corrected chi connectivity index (χ3v) is 3.18. The zero-order valence-corrected chi connectivity index (χ0v) is 12.3. The molecule has 20 heavy (non-hydrogen) atoms. The number of carbonyl (C=O) groups is 2. The minimum absolute atomic E-state index is 0.101. The van der Waals surface area contributed by atoms with Crippen LogP contribution in [0.3, 0.4) is 0 Å². The van der Waals surface area contributed by atoms with Gasteiger partial charge in [0.25, 0.3) is 5.91 Å². The highest BCUT2D eigenvalue weighted by Gasteiger charge is 2.27. The number of nitrogens with two attached hydrogens (primary N) is 1. The van der Waals surface area contributed by atoms with Crippen LogP contribution in [0.5, 0.6) is 0 Å². The quantitative estimate of drug-likeness (QED) is 0.715. The molecule has 0 aliphatic heterocycles. The minimum atomic E-state index is -0.635. The van der Waals surface area contributed by atoms with Crippen LogP contribution in [0.1, 0.15) is 29.8 Å². The molecular weight excluding hydrogens is 254 g/mol. The average Bonchev–Trinajstić information content (AvgIpc) is 2.45. The fraction of sp³-hybridized carbons (Fsp3) is 0.467. The molecule has 0 unspecified atom stereocenters. The molecular formula is C15H23N3O2. The monoisotopic (exact) mass is 277 g/mol.